The SMILES string of the molecule is CC(C)c1cnc(NCc2cncs2)s1. The lowest BCUT2D eigenvalue weighted by Crippen LogP contribution is -1.95. The highest BCUT2D eigenvalue weighted by atomic mass is 32.1. The third kappa shape index (κ3) is 2.76. The minimum absolute atomic E-state index is 0.557. The number of anilines is 1. The molecule has 2 aromatic rings. The Bertz CT molecular complexity index is 406. The van der Waals surface area contributed by atoms with E-state index in [2.05, 4.69) is 29.1 Å². The predicted octanol–water partition coefficient (Wildman–Crippen LogP) is 3.34. The van der Waals surface area contributed by atoms with Gasteiger partial charge in [-0.2, -0.15) is 0 Å². The van der Waals surface area contributed by atoms with Crippen LogP contribution in [-0.4, -0.2) is 9.97 Å². The van der Waals surface area contributed by atoms with Gasteiger partial charge in [0.15, 0.2) is 5.13 Å². The number of thiazole rings is 2. The molecule has 0 aliphatic heterocycles. The van der Waals surface area contributed by atoms with Crippen LogP contribution in [0.5, 0.6) is 0 Å². The second kappa shape index (κ2) is 4.72. The summed E-state index contributed by atoms with van der Waals surface area (Å²) >= 11 is 3.38. The lowest BCUT2D eigenvalue weighted by Gasteiger charge is -1.99. The summed E-state index contributed by atoms with van der Waals surface area (Å²) in [5, 5.41) is 4.29. The molecule has 0 unspecified atom stereocenters. The summed E-state index contributed by atoms with van der Waals surface area (Å²) in [6.45, 7) is 5.18. The van der Waals surface area contributed by atoms with Gasteiger partial charge in [0.25, 0.3) is 0 Å². The fraction of sp³-hybridized carbons (Fsp3) is 0.400. The van der Waals surface area contributed by atoms with E-state index in [0.29, 0.717) is 5.92 Å². The van der Waals surface area contributed by atoms with Crippen LogP contribution in [0.15, 0.2) is 17.9 Å². The molecule has 3 nitrogen and oxygen atoms in total. The Morgan fingerprint density at radius 1 is 1.40 bits per heavy atom. The Morgan fingerprint density at radius 3 is 2.87 bits per heavy atom. The van der Waals surface area contributed by atoms with Gasteiger partial charge in [0.1, 0.15) is 0 Å². The zero-order chi connectivity index (χ0) is 10.7. The average molecular weight is 239 g/mol. The van der Waals surface area contributed by atoms with Crippen molar-refractivity contribution < 1.29 is 0 Å². The molecule has 2 heterocycles. The van der Waals surface area contributed by atoms with Crippen molar-refractivity contribution in [3.05, 3.63) is 27.7 Å². The van der Waals surface area contributed by atoms with Gasteiger partial charge >= 0.3 is 0 Å². The quantitative estimate of drug-likeness (QED) is 0.889. The van der Waals surface area contributed by atoms with Gasteiger partial charge in [-0.15, -0.1) is 22.7 Å². The van der Waals surface area contributed by atoms with E-state index in [1.54, 1.807) is 22.7 Å². The van der Waals surface area contributed by atoms with Crippen LogP contribution in [0, 0.1) is 0 Å². The summed E-state index contributed by atoms with van der Waals surface area (Å²) in [5.41, 5.74) is 1.85. The van der Waals surface area contributed by atoms with E-state index in [9.17, 15) is 0 Å². The van der Waals surface area contributed by atoms with Crippen LogP contribution in [0.25, 0.3) is 0 Å². The molecule has 80 valence electrons. The molecule has 0 amide bonds. The number of nitrogens with zero attached hydrogens (tertiary/aromatic N) is 2. The van der Waals surface area contributed by atoms with E-state index in [1.165, 1.54) is 9.75 Å². The van der Waals surface area contributed by atoms with E-state index in [0.717, 1.165) is 11.7 Å². The van der Waals surface area contributed by atoms with Gasteiger partial charge < -0.3 is 5.32 Å². The van der Waals surface area contributed by atoms with Crippen LogP contribution < -0.4 is 5.32 Å². The highest BCUT2D eigenvalue weighted by molar-refractivity contribution is 7.15. The molecule has 0 atom stereocenters. The Labute approximate surface area is 97.2 Å². The first kappa shape index (κ1) is 10.6. The molecular weight excluding hydrogens is 226 g/mol. The molecule has 0 saturated carbocycles. The summed E-state index contributed by atoms with van der Waals surface area (Å²) in [7, 11) is 0. The molecule has 0 spiro atoms. The maximum absolute atomic E-state index is 4.33. The van der Waals surface area contributed by atoms with E-state index < -0.39 is 0 Å². The minimum atomic E-state index is 0.557. The van der Waals surface area contributed by atoms with Crippen LogP contribution in [-0.2, 0) is 6.54 Å². The first-order chi connectivity index (χ1) is 7.25. The van der Waals surface area contributed by atoms with Crippen LogP contribution >= 0.6 is 22.7 Å². The van der Waals surface area contributed by atoms with Crippen LogP contribution in [0.4, 0.5) is 5.13 Å². The van der Waals surface area contributed by atoms with Gasteiger partial charge in [0.05, 0.1) is 12.1 Å². The Balaban J connectivity index is 1.94. The first-order valence-electron chi connectivity index (χ1n) is 4.82. The van der Waals surface area contributed by atoms with Gasteiger partial charge in [-0.3, -0.25) is 4.98 Å². The minimum Gasteiger partial charge on any atom is -0.357 e. The van der Waals surface area contributed by atoms with Crippen molar-refractivity contribution in [3.8, 4) is 0 Å². The molecule has 2 rings (SSSR count). The fourth-order valence-electron chi connectivity index (χ4n) is 1.13. The normalized spacial score (nSPS) is 10.9. The zero-order valence-electron chi connectivity index (χ0n) is 8.73. The highest BCUT2D eigenvalue weighted by Gasteiger charge is 2.05. The third-order valence-electron chi connectivity index (χ3n) is 1.99. The fourth-order valence-corrected chi connectivity index (χ4v) is 2.48. The summed E-state index contributed by atoms with van der Waals surface area (Å²) in [5.74, 6) is 0.557. The Kier molecular flexibility index (Phi) is 3.33. The van der Waals surface area contributed by atoms with Crippen molar-refractivity contribution in [2.24, 2.45) is 0 Å². The lowest BCUT2D eigenvalue weighted by molar-refractivity contribution is 0.885. The Morgan fingerprint density at radius 2 is 2.27 bits per heavy atom. The smallest absolute Gasteiger partial charge is 0.183 e. The zero-order valence-corrected chi connectivity index (χ0v) is 10.4. The van der Waals surface area contributed by atoms with E-state index in [1.807, 2.05) is 17.9 Å². The number of rotatable bonds is 4. The van der Waals surface area contributed by atoms with Gasteiger partial charge in [-0.05, 0) is 5.92 Å². The number of hydrogen-bond donors (Lipinski definition) is 1. The highest BCUT2D eigenvalue weighted by Crippen LogP contribution is 2.25. The van der Waals surface area contributed by atoms with Gasteiger partial charge in [-0.25, -0.2) is 4.98 Å². The van der Waals surface area contributed by atoms with Crippen molar-refractivity contribution in [2.45, 2.75) is 26.3 Å². The predicted molar refractivity (Wildman–Crippen MR) is 65.6 cm³/mol. The van der Waals surface area contributed by atoms with Crippen LogP contribution in [0.3, 0.4) is 0 Å². The maximum atomic E-state index is 4.33. The van der Waals surface area contributed by atoms with Crippen LogP contribution in [0.1, 0.15) is 29.5 Å². The third-order valence-corrected chi connectivity index (χ3v) is 4.03. The Hall–Kier alpha value is -0.940. The molecule has 2 aromatic heterocycles. The molecule has 0 fully saturated rings. The second-order valence-corrected chi connectivity index (χ2v) is 5.58. The monoisotopic (exact) mass is 239 g/mol. The number of nitrogens with one attached hydrogen (secondary N) is 1. The average Bonchev–Trinajstić information content (AvgIpc) is 2.86. The van der Waals surface area contributed by atoms with Crippen molar-refractivity contribution in [2.75, 3.05) is 5.32 Å². The van der Waals surface area contributed by atoms with E-state index >= 15 is 0 Å². The largest absolute Gasteiger partial charge is 0.357 e. The summed E-state index contributed by atoms with van der Waals surface area (Å²) in [6, 6.07) is 0. The first-order valence-corrected chi connectivity index (χ1v) is 6.52. The molecule has 0 aliphatic carbocycles. The van der Waals surface area contributed by atoms with E-state index in [4.69, 9.17) is 0 Å². The van der Waals surface area contributed by atoms with Gasteiger partial charge in [-0.1, -0.05) is 13.8 Å². The summed E-state index contributed by atoms with van der Waals surface area (Å²) in [4.78, 5) is 10.9. The molecule has 0 radical (unpaired) electrons. The standard InChI is InChI=1S/C10H13N3S2/c1-7(2)9-5-13-10(15-9)12-4-8-3-11-6-14-8/h3,5-7H,4H2,1-2H3,(H,12,13). The van der Waals surface area contributed by atoms with E-state index in [-0.39, 0.29) is 0 Å². The molecule has 0 bridgehead atoms. The van der Waals surface area contributed by atoms with Gasteiger partial charge in [0, 0.05) is 22.1 Å². The van der Waals surface area contributed by atoms with Crippen molar-refractivity contribution in [1.29, 1.82) is 0 Å². The maximum Gasteiger partial charge on any atom is 0.183 e. The second-order valence-electron chi connectivity index (χ2n) is 3.54. The summed E-state index contributed by atoms with van der Waals surface area (Å²) < 4.78 is 0. The molecule has 0 aliphatic rings. The number of hydrogen-bond acceptors (Lipinski definition) is 5. The molecule has 15 heavy (non-hydrogen) atoms. The van der Waals surface area contributed by atoms with Gasteiger partial charge in [0.2, 0.25) is 0 Å². The van der Waals surface area contributed by atoms with Crippen LogP contribution in [0.2, 0.25) is 0 Å². The molecule has 5 heteroatoms. The molecule has 0 aromatic carbocycles. The lowest BCUT2D eigenvalue weighted by atomic mass is 10.2. The van der Waals surface area contributed by atoms with Crippen molar-refractivity contribution >= 4 is 27.8 Å². The topological polar surface area (TPSA) is 37.8 Å². The molecule has 1 N–H and O–H groups in total. The molecule has 0 saturated heterocycles. The van der Waals surface area contributed by atoms with Crippen molar-refractivity contribution in [3.63, 3.8) is 0 Å². The molecular formula is C10H13N3S2. The summed E-state index contributed by atoms with van der Waals surface area (Å²) in [6.07, 6.45) is 3.83. The number of aromatic nitrogens is 2. The van der Waals surface area contributed by atoms with Crippen molar-refractivity contribution in [1.82, 2.24) is 9.97 Å².